The van der Waals surface area contributed by atoms with Crippen molar-refractivity contribution < 1.29 is 14.1 Å². The van der Waals surface area contributed by atoms with E-state index in [0.29, 0.717) is 41.1 Å². The van der Waals surface area contributed by atoms with Gasteiger partial charge in [-0.05, 0) is 36.4 Å². The third kappa shape index (κ3) is 3.03. The number of carbonyl (C=O) groups excluding carboxylic acids is 1. The molecule has 8 heteroatoms. The van der Waals surface area contributed by atoms with E-state index in [4.69, 9.17) is 20.9 Å². The van der Waals surface area contributed by atoms with Gasteiger partial charge >= 0.3 is 0 Å². The Kier molecular flexibility index (Phi) is 4.24. The SMILES string of the molecule is COc1ccc(Cl)cc1N1CC(c2noc(-c3cccc4[nH]ccc34)n2)CC1=O. The number of nitrogens with one attached hydrogen (secondary N) is 1. The monoisotopic (exact) mass is 408 g/mol. The van der Waals surface area contributed by atoms with Gasteiger partial charge in [-0.25, -0.2) is 0 Å². The molecule has 3 heterocycles. The molecule has 0 aliphatic carbocycles. The fourth-order valence-electron chi connectivity index (χ4n) is 3.77. The number of H-pyrrole nitrogens is 1. The summed E-state index contributed by atoms with van der Waals surface area (Å²) in [5.74, 6) is 1.35. The fraction of sp³-hybridized carbons (Fsp3) is 0.190. The zero-order valence-corrected chi connectivity index (χ0v) is 16.3. The number of hydrogen-bond donors (Lipinski definition) is 1. The summed E-state index contributed by atoms with van der Waals surface area (Å²) in [5.41, 5.74) is 2.51. The number of carbonyl (C=O) groups is 1. The molecule has 1 fully saturated rings. The van der Waals surface area contributed by atoms with Crippen molar-refractivity contribution in [3.63, 3.8) is 0 Å². The highest BCUT2D eigenvalue weighted by Gasteiger charge is 2.36. The Hall–Kier alpha value is -3.32. The van der Waals surface area contributed by atoms with Crippen LogP contribution in [0.5, 0.6) is 5.75 Å². The number of aromatic nitrogens is 3. The maximum atomic E-state index is 12.7. The van der Waals surface area contributed by atoms with Gasteiger partial charge in [-0.3, -0.25) is 4.79 Å². The smallest absolute Gasteiger partial charge is 0.258 e. The van der Waals surface area contributed by atoms with Crippen LogP contribution >= 0.6 is 11.6 Å². The second-order valence-electron chi connectivity index (χ2n) is 6.92. The molecule has 1 atom stereocenters. The highest BCUT2D eigenvalue weighted by molar-refractivity contribution is 6.31. The van der Waals surface area contributed by atoms with Crippen molar-refractivity contribution in [3.8, 4) is 17.2 Å². The Morgan fingerprint density at radius 2 is 2.17 bits per heavy atom. The van der Waals surface area contributed by atoms with E-state index >= 15 is 0 Å². The Bertz CT molecular complexity index is 1220. The number of hydrogen-bond acceptors (Lipinski definition) is 5. The summed E-state index contributed by atoms with van der Waals surface area (Å²) in [5, 5.41) is 5.71. The number of fused-ring (bicyclic) bond motifs is 1. The van der Waals surface area contributed by atoms with Gasteiger partial charge in [0.15, 0.2) is 5.82 Å². The lowest BCUT2D eigenvalue weighted by molar-refractivity contribution is -0.117. The molecule has 0 radical (unpaired) electrons. The lowest BCUT2D eigenvalue weighted by Gasteiger charge is -2.19. The lowest BCUT2D eigenvalue weighted by Crippen LogP contribution is -2.24. The summed E-state index contributed by atoms with van der Waals surface area (Å²) in [6.07, 6.45) is 2.17. The van der Waals surface area contributed by atoms with Crippen molar-refractivity contribution in [1.29, 1.82) is 0 Å². The largest absolute Gasteiger partial charge is 0.495 e. The Balaban J connectivity index is 1.44. The minimum absolute atomic E-state index is 0.0327. The number of amides is 1. The summed E-state index contributed by atoms with van der Waals surface area (Å²) < 4.78 is 10.9. The van der Waals surface area contributed by atoms with E-state index in [1.165, 1.54) is 0 Å². The van der Waals surface area contributed by atoms with Crippen LogP contribution in [0.15, 0.2) is 53.2 Å². The van der Waals surface area contributed by atoms with Crippen molar-refractivity contribution >= 4 is 34.1 Å². The maximum Gasteiger partial charge on any atom is 0.258 e. The van der Waals surface area contributed by atoms with Crippen LogP contribution in [-0.4, -0.2) is 34.7 Å². The normalized spacial score (nSPS) is 16.7. The van der Waals surface area contributed by atoms with E-state index in [9.17, 15) is 4.79 Å². The standard InChI is InChI=1S/C21H17ClN4O3/c1-28-18-6-5-13(22)10-17(18)26-11-12(9-19(26)27)20-24-21(29-25-20)15-3-2-4-16-14(15)7-8-23-16/h2-8,10,12,23H,9,11H2,1H3. The average Bonchev–Trinajstić information content (AvgIpc) is 3.46. The number of anilines is 1. The Morgan fingerprint density at radius 1 is 1.28 bits per heavy atom. The van der Waals surface area contributed by atoms with Gasteiger partial charge in [0.05, 0.1) is 12.8 Å². The van der Waals surface area contributed by atoms with Crippen LogP contribution in [0.2, 0.25) is 5.02 Å². The summed E-state index contributed by atoms with van der Waals surface area (Å²) >= 11 is 6.13. The third-order valence-corrected chi connectivity index (χ3v) is 5.42. The van der Waals surface area contributed by atoms with E-state index in [2.05, 4.69) is 15.1 Å². The van der Waals surface area contributed by atoms with Crippen LogP contribution in [0.25, 0.3) is 22.4 Å². The number of ether oxygens (including phenoxy) is 1. The molecule has 0 saturated carbocycles. The number of rotatable bonds is 4. The average molecular weight is 409 g/mol. The van der Waals surface area contributed by atoms with E-state index < -0.39 is 0 Å². The number of methoxy groups -OCH3 is 1. The van der Waals surface area contributed by atoms with Crippen molar-refractivity contribution in [2.24, 2.45) is 0 Å². The van der Waals surface area contributed by atoms with E-state index in [1.54, 1.807) is 30.2 Å². The van der Waals surface area contributed by atoms with E-state index in [1.807, 2.05) is 30.5 Å². The molecule has 0 bridgehead atoms. The molecule has 146 valence electrons. The van der Waals surface area contributed by atoms with Gasteiger partial charge in [-0.1, -0.05) is 22.8 Å². The van der Waals surface area contributed by atoms with Crippen LogP contribution in [-0.2, 0) is 4.79 Å². The van der Waals surface area contributed by atoms with Crippen molar-refractivity contribution in [1.82, 2.24) is 15.1 Å². The molecule has 1 N–H and O–H groups in total. The molecule has 4 aromatic rings. The highest BCUT2D eigenvalue weighted by Crippen LogP contribution is 2.38. The van der Waals surface area contributed by atoms with Crippen molar-refractivity contribution in [3.05, 3.63) is 59.5 Å². The van der Waals surface area contributed by atoms with Gasteiger partial charge in [-0.15, -0.1) is 0 Å². The van der Waals surface area contributed by atoms with Gasteiger partial charge in [0.2, 0.25) is 5.91 Å². The fourth-order valence-corrected chi connectivity index (χ4v) is 3.94. The van der Waals surface area contributed by atoms with Crippen LogP contribution in [0.4, 0.5) is 5.69 Å². The van der Waals surface area contributed by atoms with Crippen molar-refractivity contribution in [2.45, 2.75) is 12.3 Å². The molecule has 2 aromatic heterocycles. The van der Waals surface area contributed by atoms with Crippen LogP contribution in [0.3, 0.4) is 0 Å². The number of benzene rings is 2. The molecule has 1 saturated heterocycles. The maximum absolute atomic E-state index is 12.7. The second-order valence-corrected chi connectivity index (χ2v) is 7.36. The molecule has 1 unspecified atom stereocenters. The predicted molar refractivity (Wildman–Crippen MR) is 109 cm³/mol. The van der Waals surface area contributed by atoms with Gasteiger partial charge in [0.1, 0.15) is 5.75 Å². The lowest BCUT2D eigenvalue weighted by atomic mass is 10.1. The van der Waals surface area contributed by atoms with E-state index in [0.717, 1.165) is 16.5 Å². The van der Waals surface area contributed by atoms with Crippen molar-refractivity contribution in [2.75, 3.05) is 18.6 Å². The summed E-state index contributed by atoms with van der Waals surface area (Å²) in [4.78, 5) is 22.1. The van der Waals surface area contributed by atoms with E-state index in [-0.39, 0.29) is 11.8 Å². The van der Waals surface area contributed by atoms with Gasteiger partial charge in [-0.2, -0.15) is 4.98 Å². The molecule has 1 aliphatic rings. The molecule has 5 rings (SSSR count). The van der Waals surface area contributed by atoms with Crippen LogP contribution < -0.4 is 9.64 Å². The Labute approximate surface area is 171 Å². The predicted octanol–water partition coefficient (Wildman–Crippen LogP) is 4.40. The van der Waals surface area contributed by atoms with Gasteiger partial charge in [0.25, 0.3) is 5.89 Å². The third-order valence-electron chi connectivity index (χ3n) is 5.19. The summed E-state index contributed by atoms with van der Waals surface area (Å²) in [6.45, 7) is 0.433. The quantitative estimate of drug-likeness (QED) is 0.541. The Morgan fingerprint density at radius 3 is 3.03 bits per heavy atom. The zero-order chi connectivity index (χ0) is 20.0. The molecule has 7 nitrogen and oxygen atoms in total. The number of nitrogens with zero attached hydrogens (tertiary/aromatic N) is 3. The summed E-state index contributed by atoms with van der Waals surface area (Å²) in [7, 11) is 1.57. The molecular formula is C21H17ClN4O3. The molecular weight excluding hydrogens is 392 g/mol. The first-order valence-electron chi connectivity index (χ1n) is 9.18. The molecule has 1 aliphatic heterocycles. The minimum atomic E-state index is -0.172. The summed E-state index contributed by atoms with van der Waals surface area (Å²) in [6, 6.07) is 13.1. The second kappa shape index (κ2) is 6.93. The van der Waals surface area contributed by atoms with Crippen LogP contribution in [0, 0.1) is 0 Å². The minimum Gasteiger partial charge on any atom is -0.495 e. The number of halogens is 1. The molecule has 2 aromatic carbocycles. The molecule has 1 amide bonds. The first-order valence-corrected chi connectivity index (χ1v) is 9.56. The zero-order valence-electron chi connectivity index (χ0n) is 15.6. The number of aromatic amines is 1. The molecule has 29 heavy (non-hydrogen) atoms. The highest BCUT2D eigenvalue weighted by atomic mass is 35.5. The van der Waals surface area contributed by atoms with Gasteiger partial charge < -0.3 is 19.1 Å². The van der Waals surface area contributed by atoms with Gasteiger partial charge in [0, 0.05) is 46.6 Å². The molecule has 0 spiro atoms. The first-order chi connectivity index (χ1) is 14.1. The topological polar surface area (TPSA) is 84.2 Å². The first kappa shape index (κ1) is 17.8. The van der Waals surface area contributed by atoms with Crippen LogP contribution in [0.1, 0.15) is 18.2 Å².